The van der Waals surface area contributed by atoms with Crippen LogP contribution in [0.2, 0.25) is 0 Å². The highest BCUT2D eigenvalue weighted by molar-refractivity contribution is 7.90. The third kappa shape index (κ3) is 6.39. The van der Waals surface area contributed by atoms with Crippen LogP contribution in [0.4, 0.5) is 10.7 Å². The molecule has 0 atom stereocenters. The minimum atomic E-state index is -4.07. The Morgan fingerprint density at radius 1 is 0.865 bits per heavy atom. The lowest BCUT2D eigenvalue weighted by molar-refractivity contribution is 0.0602. The number of rotatable bonds is 7. The zero-order valence-corrected chi connectivity index (χ0v) is 21.9. The Morgan fingerprint density at radius 2 is 1.49 bits per heavy atom. The van der Waals surface area contributed by atoms with Crippen molar-refractivity contribution in [3.8, 4) is 10.4 Å². The van der Waals surface area contributed by atoms with Crippen molar-refractivity contribution in [2.24, 2.45) is 0 Å². The number of thiophene rings is 1. The van der Waals surface area contributed by atoms with Gasteiger partial charge in [0.05, 0.1) is 17.6 Å². The second kappa shape index (κ2) is 11.3. The summed E-state index contributed by atoms with van der Waals surface area (Å²) in [7, 11) is -2.76. The van der Waals surface area contributed by atoms with Crippen molar-refractivity contribution in [3.63, 3.8) is 0 Å². The number of esters is 1. The van der Waals surface area contributed by atoms with E-state index in [1.54, 1.807) is 24.3 Å². The number of nitrogens with one attached hydrogen (secondary N) is 3. The minimum Gasteiger partial charge on any atom is -0.465 e. The number of ether oxygens (including phenoxy) is 1. The van der Waals surface area contributed by atoms with E-state index in [0.29, 0.717) is 16.3 Å². The van der Waals surface area contributed by atoms with Crippen molar-refractivity contribution in [1.82, 2.24) is 4.72 Å². The van der Waals surface area contributed by atoms with Crippen LogP contribution in [0.3, 0.4) is 0 Å². The zero-order chi connectivity index (χ0) is 26.4. The first-order valence-electron chi connectivity index (χ1n) is 10.8. The third-order valence-electron chi connectivity index (χ3n) is 5.11. The van der Waals surface area contributed by atoms with Gasteiger partial charge in [-0.05, 0) is 60.2 Å². The molecule has 0 saturated carbocycles. The molecule has 0 radical (unpaired) electrons. The molecule has 1 heterocycles. The number of hydrogen-bond acceptors (Lipinski definition) is 7. The van der Waals surface area contributed by atoms with E-state index >= 15 is 0 Å². The Morgan fingerprint density at radius 3 is 2.11 bits per heavy atom. The van der Waals surface area contributed by atoms with Crippen LogP contribution in [0.5, 0.6) is 0 Å². The van der Waals surface area contributed by atoms with Crippen molar-refractivity contribution in [2.75, 3.05) is 17.7 Å². The Balaban J connectivity index is 1.45. The predicted molar refractivity (Wildman–Crippen MR) is 148 cm³/mol. The zero-order valence-electron chi connectivity index (χ0n) is 19.4. The standard InChI is InChI=1S/C26H21N3O5S3/c1-34-25(31)21-16-22(17-8-4-2-5-9-17)36-24(21)28-26(35)27-19-12-14-20(15-13-19)37(32,33)29-23(30)18-10-6-3-7-11-18/h2-16H,1H3,(H,29,30)(H2,27,28,35). The smallest absolute Gasteiger partial charge is 0.340 e. The van der Waals surface area contributed by atoms with Gasteiger partial charge in [0.25, 0.3) is 15.9 Å². The Labute approximate surface area is 223 Å². The second-order valence-electron chi connectivity index (χ2n) is 7.62. The van der Waals surface area contributed by atoms with Gasteiger partial charge in [0, 0.05) is 16.1 Å². The lowest BCUT2D eigenvalue weighted by atomic mass is 10.1. The van der Waals surface area contributed by atoms with E-state index in [-0.39, 0.29) is 15.6 Å². The highest BCUT2D eigenvalue weighted by Gasteiger charge is 2.20. The maximum Gasteiger partial charge on any atom is 0.340 e. The largest absolute Gasteiger partial charge is 0.465 e. The van der Waals surface area contributed by atoms with Crippen molar-refractivity contribution >= 4 is 61.3 Å². The predicted octanol–water partition coefficient (Wildman–Crippen LogP) is 5.13. The Hall–Kier alpha value is -4.06. The van der Waals surface area contributed by atoms with Crippen LogP contribution in [-0.4, -0.2) is 32.5 Å². The summed E-state index contributed by atoms with van der Waals surface area (Å²) in [4.78, 5) is 25.3. The molecule has 3 N–H and O–H groups in total. The van der Waals surface area contributed by atoms with E-state index in [4.69, 9.17) is 17.0 Å². The molecule has 37 heavy (non-hydrogen) atoms. The monoisotopic (exact) mass is 551 g/mol. The molecule has 188 valence electrons. The first kappa shape index (κ1) is 26.0. The molecular formula is C26H21N3O5S3. The lowest BCUT2D eigenvalue weighted by Crippen LogP contribution is -2.30. The summed E-state index contributed by atoms with van der Waals surface area (Å²) >= 11 is 6.75. The van der Waals surface area contributed by atoms with Gasteiger partial charge in [0.1, 0.15) is 5.00 Å². The minimum absolute atomic E-state index is 0.0834. The average Bonchev–Trinajstić information content (AvgIpc) is 3.33. The number of anilines is 2. The maximum absolute atomic E-state index is 12.6. The van der Waals surface area contributed by atoms with Gasteiger partial charge in [0.15, 0.2) is 5.11 Å². The van der Waals surface area contributed by atoms with Crippen LogP contribution >= 0.6 is 23.6 Å². The van der Waals surface area contributed by atoms with Crippen LogP contribution in [0, 0.1) is 0 Å². The maximum atomic E-state index is 12.6. The first-order valence-corrected chi connectivity index (χ1v) is 13.6. The van der Waals surface area contributed by atoms with Crippen molar-refractivity contribution < 1.29 is 22.7 Å². The highest BCUT2D eigenvalue weighted by Crippen LogP contribution is 2.36. The van der Waals surface area contributed by atoms with E-state index in [1.807, 2.05) is 30.3 Å². The molecule has 0 aliphatic carbocycles. The normalized spacial score (nSPS) is 10.8. The van der Waals surface area contributed by atoms with Gasteiger partial charge in [0.2, 0.25) is 0 Å². The summed E-state index contributed by atoms with van der Waals surface area (Å²) < 4.78 is 32.2. The number of carbonyl (C=O) groups is 2. The summed E-state index contributed by atoms with van der Waals surface area (Å²) in [5.74, 6) is -1.23. The van der Waals surface area contributed by atoms with Crippen LogP contribution in [0.25, 0.3) is 10.4 Å². The number of carbonyl (C=O) groups excluding carboxylic acids is 2. The molecule has 4 rings (SSSR count). The molecule has 0 unspecified atom stereocenters. The first-order chi connectivity index (χ1) is 17.8. The molecule has 0 saturated heterocycles. The van der Waals surface area contributed by atoms with E-state index in [1.165, 1.54) is 54.8 Å². The summed E-state index contributed by atoms with van der Waals surface area (Å²) in [6.07, 6.45) is 0. The Kier molecular flexibility index (Phi) is 7.97. The van der Waals surface area contributed by atoms with Crippen LogP contribution < -0.4 is 15.4 Å². The molecular weight excluding hydrogens is 531 g/mol. The Bertz CT molecular complexity index is 1540. The van der Waals surface area contributed by atoms with Gasteiger partial charge in [-0.15, -0.1) is 11.3 Å². The van der Waals surface area contributed by atoms with Gasteiger partial charge in [-0.1, -0.05) is 48.5 Å². The molecule has 0 spiro atoms. The topological polar surface area (TPSA) is 114 Å². The van der Waals surface area contributed by atoms with Gasteiger partial charge in [-0.25, -0.2) is 17.9 Å². The van der Waals surface area contributed by atoms with E-state index in [2.05, 4.69) is 15.4 Å². The molecule has 1 amide bonds. The molecule has 0 fully saturated rings. The van der Waals surface area contributed by atoms with Gasteiger partial charge >= 0.3 is 5.97 Å². The van der Waals surface area contributed by atoms with Crippen LogP contribution in [0.15, 0.2) is 95.9 Å². The quantitative estimate of drug-likeness (QED) is 0.214. The summed E-state index contributed by atoms with van der Waals surface area (Å²) in [5.41, 5.74) is 2.02. The van der Waals surface area contributed by atoms with Gasteiger partial charge < -0.3 is 15.4 Å². The van der Waals surface area contributed by atoms with Crippen LogP contribution in [0.1, 0.15) is 20.7 Å². The second-order valence-corrected chi connectivity index (χ2v) is 10.8. The fraction of sp³-hybridized carbons (Fsp3) is 0.0385. The fourth-order valence-electron chi connectivity index (χ4n) is 3.30. The third-order valence-corrected chi connectivity index (χ3v) is 7.76. The molecule has 4 aromatic rings. The molecule has 0 aliphatic heterocycles. The number of sulfonamides is 1. The van der Waals surface area contributed by atoms with Crippen molar-refractivity contribution in [1.29, 1.82) is 0 Å². The van der Waals surface area contributed by atoms with Crippen molar-refractivity contribution in [3.05, 3.63) is 102 Å². The highest BCUT2D eigenvalue weighted by atomic mass is 32.2. The lowest BCUT2D eigenvalue weighted by Gasteiger charge is -2.11. The van der Waals surface area contributed by atoms with E-state index < -0.39 is 21.9 Å². The van der Waals surface area contributed by atoms with E-state index in [0.717, 1.165) is 10.4 Å². The number of thiocarbonyl (C=S) groups is 1. The van der Waals surface area contributed by atoms with Crippen molar-refractivity contribution in [2.45, 2.75) is 4.90 Å². The fourth-order valence-corrected chi connectivity index (χ4v) is 5.62. The van der Waals surface area contributed by atoms with E-state index in [9.17, 15) is 18.0 Å². The number of hydrogen-bond donors (Lipinski definition) is 3. The molecule has 8 nitrogen and oxygen atoms in total. The average molecular weight is 552 g/mol. The molecule has 0 bridgehead atoms. The molecule has 11 heteroatoms. The van der Waals surface area contributed by atoms with Gasteiger partial charge in [-0.2, -0.15) is 0 Å². The molecule has 0 aliphatic rings. The summed E-state index contributed by atoms with van der Waals surface area (Å²) in [6.45, 7) is 0. The SMILES string of the molecule is COC(=O)c1cc(-c2ccccc2)sc1NC(=S)Nc1ccc(S(=O)(=O)NC(=O)c2ccccc2)cc1. The molecule has 3 aromatic carbocycles. The summed E-state index contributed by atoms with van der Waals surface area (Å²) in [5, 5.41) is 6.68. The number of methoxy groups -OCH3 is 1. The number of benzene rings is 3. The van der Waals surface area contributed by atoms with Crippen LogP contribution in [-0.2, 0) is 14.8 Å². The van der Waals surface area contributed by atoms with Gasteiger partial charge in [-0.3, -0.25) is 4.79 Å². The number of amides is 1. The molecule has 1 aromatic heterocycles. The summed E-state index contributed by atoms with van der Waals surface area (Å²) in [6, 6.07) is 25.1.